The minimum atomic E-state index is -0.316. The summed E-state index contributed by atoms with van der Waals surface area (Å²) in [5.74, 6) is 0.858. The fourth-order valence-corrected chi connectivity index (χ4v) is 3.40. The van der Waals surface area contributed by atoms with Gasteiger partial charge in [-0.2, -0.15) is 0 Å². The summed E-state index contributed by atoms with van der Waals surface area (Å²) in [6.45, 7) is 4.18. The fourth-order valence-electron chi connectivity index (χ4n) is 3.05. The molecule has 132 valence electrons. The lowest BCUT2D eigenvalue weighted by atomic mass is 10.1. The van der Waals surface area contributed by atoms with Crippen LogP contribution in [0.3, 0.4) is 0 Å². The van der Waals surface area contributed by atoms with Crippen molar-refractivity contribution in [3.05, 3.63) is 62.6 Å². The summed E-state index contributed by atoms with van der Waals surface area (Å²) in [5, 5.41) is 11.3. The number of anilines is 1. The highest BCUT2D eigenvalue weighted by Crippen LogP contribution is 2.31. The van der Waals surface area contributed by atoms with Gasteiger partial charge < -0.3 is 9.64 Å². The van der Waals surface area contributed by atoms with E-state index >= 15 is 0 Å². The van der Waals surface area contributed by atoms with Crippen LogP contribution in [0.5, 0.6) is 5.75 Å². The topological polar surface area (TPSA) is 58.8 Å². The van der Waals surface area contributed by atoms with Crippen LogP contribution in [0, 0.1) is 10.1 Å². The Morgan fingerprint density at radius 3 is 2.40 bits per heavy atom. The van der Waals surface area contributed by atoms with Crippen LogP contribution in [0.2, 0.25) is 0 Å². The van der Waals surface area contributed by atoms with Crippen molar-refractivity contribution < 1.29 is 9.66 Å². The molecule has 0 saturated carbocycles. The van der Waals surface area contributed by atoms with E-state index in [1.807, 2.05) is 24.3 Å². The summed E-state index contributed by atoms with van der Waals surface area (Å²) in [5.41, 5.74) is 2.08. The molecule has 1 aliphatic rings. The SMILES string of the molecule is COc1ccc(CN2CCN(c3ccc(Br)cc3[N+](=O)[O-])CC2)cc1. The lowest BCUT2D eigenvalue weighted by molar-refractivity contribution is -0.384. The molecule has 1 saturated heterocycles. The van der Waals surface area contributed by atoms with Gasteiger partial charge in [0.25, 0.3) is 5.69 Å². The van der Waals surface area contributed by atoms with Gasteiger partial charge in [0.1, 0.15) is 11.4 Å². The molecule has 1 aliphatic heterocycles. The Kier molecular flexibility index (Phi) is 5.55. The molecule has 0 radical (unpaired) electrons. The molecular formula is C18H20BrN3O3. The highest BCUT2D eigenvalue weighted by atomic mass is 79.9. The Balaban J connectivity index is 1.63. The van der Waals surface area contributed by atoms with Gasteiger partial charge in [0, 0.05) is 43.3 Å². The number of nitro groups is 1. The van der Waals surface area contributed by atoms with Gasteiger partial charge in [-0.3, -0.25) is 15.0 Å². The lowest BCUT2D eigenvalue weighted by Crippen LogP contribution is -2.46. The molecule has 0 N–H and O–H groups in total. The van der Waals surface area contributed by atoms with Crippen molar-refractivity contribution in [3.63, 3.8) is 0 Å². The summed E-state index contributed by atoms with van der Waals surface area (Å²) in [7, 11) is 1.66. The fraction of sp³-hybridized carbons (Fsp3) is 0.333. The summed E-state index contributed by atoms with van der Waals surface area (Å²) < 4.78 is 5.91. The number of piperazine rings is 1. The highest BCUT2D eigenvalue weighted by Gasteiger charge is 2.23. The van der Waals surface area contributed by atoms with E-state index in [4.69, 9.17) is 4.74 Å². The highest BCUT2D eigenvalue weighted by molar-refractivity contribution is 9.10. The predicted octanol–water partition coefficient (Wildman–Crippen LogP) is 3.69. The van der Waals surface area contributed by atoms with Crippen LogP contribution in [0.25, 0.3) is 0 Å². The second-order valence-corrected chi connectivity index (χ2v) is 6.92. The number of nitro benzene ring substituents is 1. The number of hydrogen-bond acceptors (Lipinski definition) is 5. The average Bonchev–Trinajstić information content (AvgIpc) is 2.63. The van der Waals surface area contributed by atoms with Crippen molar-refractivity contribution in [1.82, 2.24) is 4.90 Å². The Morgan fingerprint density at radius 2 is 1.80 bits per heavy atom. The van der Waals surface area contributed by atoms with Crippen molar-refractivity contribution in [3.8, 4) is 5.75 Å². The molecule has 7 heteroatoms. The summed E-state index contributed by atoms with van der Waals surface area (Å²) in [6.07, 6.45) is 0. The standard InChI is InChI=1S/C18H20BrN3O3/c1-25-16-5-2-14(3-6-16)13-20-8-10-21(11-9-20)17-7-4-15(19)12-18(17)22(23)24/h2-7,12H,8-11,13H2,1H3. The van der Waals surface area contributed by atoms with Crippen molar-refractivity contribution >= 4 is 27.3 Å². The van der Waals surface area contributed by atoms with Crippen molar-refractivity contribution in [2.75, 3.05) is 38.2 Å². The minimum absolute atomic E-state index is 0.151. The van der Waals surface area contributed by atoms with Crippen LogP contribution in [0.15, 0.2) is 46.9 Å². The molecular weight excluding hydrogens is 386 g/mol. The maximum Gasteiger partial charge on any atom is 0.293 e. The Bertz CT molecular complexity index is 744. The van der Waals surface area contributed by atoms with E-state index in [0.29, 0.717) is 5.69 Å². The van der Waals surface area contributed by atoms with E-state index in [0.717, 1.165) is 42.9 Å². The minimum Gasteiger partial charge on any atom is -0.497 e. The number of benzene rings is 2. The van der Waals surface area contributed by atoms with Crippen molar-refractivity contribution in [1.29, 1.82) is 0 Å². The molecule has 0 aromatic heterocycles. The molecule has 25 heavy (non-hydrogen) atoms. The van der Waals surface area contributed by atoms with E-state index < -0.39 is 0 Å². The second-order valence-electron chi connectivity index (χ2n) is 6.00. The van der Waals surface area contributed by atoms with E-state index in [9.17, 15) is 10.1 Å². The zero-order valence-electron chi connectivity index (χ0n) is 14.0. The van der Waals surface area contributed by atoms with Crippen LogP contribution < -0.4 is 9.64 Å². The molecule has 0 aliphatic carbocycles. The summed E-state index contributed by atoms with van der Waals surface area (Å²) in [6, 6.07) is 13.3. The zero-order chi connectivity index (χ0) is 17.8. The molecule has 1 heterocycles. The van der Waals surface area contributed by atoms with Gasteiger partial charge in [-0.1, -0.05) is 28.1 Å². The normalized spacial score (nSPS) is 15.2. The maximum atomic E-state index is 11.3. The molecule has 0 spiro atoms. The van der Waals surface area contributed by atoms with Crippen LogP contribution in [0.1, 0.15) is 5.56 Å². The van der Waals surface area contributed by atoms with Gasteiger partial charge in [0.15, 0.2) is 0 Å². The van der Waals surface area contributed by atoms with E-state index in [1.54, 1.807) is 13.2 Å². The summed E-state index contributed by atoms with van der Waals surface area (Å²) >= 11 is 3.31. The third kappa shape index (κ3) is 4.29. The molecule has 6 nitrogen and oxygen atoms in total. The quantitative estimate of drug-likeness (QED) is 0.560. The number of hydrogen-bond donors (Lipinski definition) is 0. The lowest BCUT2D eigenvalue weighted by Gasteiger charge is -2.35. The van der Waals surface area contributed by atoms with Gasteiger partial charge in [0.2, 0.25) is 0 Å². The first-order valence-electron chi connectivity index (χ1n) is 8.11. The average molecular weight is 406 g/mol. The van der Waals surface area contributed by atoms with Crippen LogP contribution in [0.4, 0.5) is 11.4 Å². The molecule has 0 atom stereocenters. The maximum absolute atomic E-state index is 11.3. The van der Waals surface area contributed by atoms with Gasteiger partial charge >= 0.3 is 0 Å². The molecule has 1 fully saturated rings. The van der Waals surface area contributed by atoms with Gasteiger partial charge in [0.05, 0.1) is 12.0 Å². The smallest absolute Gasteiger partial charge is 0.293 e. The Labute approximate surface area is 155 Å². The van der Waals surface area contributed by atoms with Gasteiger partial charge in [-0.25, -0.2) is 0 Å². The number of nitrogens with zero attached hydrogens (tertiary/aromatic N) is 3. The monoisotopic (exact) mass is 405 g/mol. The molecule has 3 rings (SSSR count). The number of ether oxygens (including phenoxy) is 1. The van der Waals surface area contributed by atoms with E-state index in [-0.39, 0.29) is 10.6 Å². The van der Waals surface area contributed by atoms with Crippen molar-refractivity contribution in [2.24, 2.45) is 0 Å². The molecule has 0 amide bonds. The van der Waals surface area contributed by atoms with Crippen LogP contribution in [-0.2, 0) is 6.54 Å². The number of methoxy groups -OCH3 is 1. The third-order valence-electron chi connectivity index (χ3n) is 4.41. The molecule has 2 aromatic rings. The predicted molar refractivity (Wildman–Crippen MR) is 101 cm³/mol. The van der Waals surface area contributed by atoms with Crippen molar-refractivity contribution in [2.45, 2.75) is 6.54 Å². The van der Waals surface area contributed by atoms with Crippen LogP contribution >= 0.6 is 15.9 Å². The third-order valence-corrected chi connectivity index (χ3v) is 4.91. The summed E-state index contributed by atoms with van der Waals surface area (Å²) in [4.78, 5) is 15.5. The number of rotatable bonds is 5. The Hall–Kier alpha value is -2.12. The second kappa shape index (κ2) is 7.84. The van der Waals surface area contributed by atoms with Gasteiger partial charge in [-0.05, 0) is 29.8 Å². The van der Waals surface area contributed by atoms with E-state index in [2.05, 4.69) is 37.9 Å². The first-order chi connectivity index (χ1) is 12.1. The molecule has 0 unspecified atom stereocenters. The first kappa shape index (κ1) is 17.7. The zero-order valence-corrected chi connectivity index (χ0v) is 15.6. The van der Waals surface area contributed by atoms with Crippen LogP contribution in [-0.4, -0.2) is 43.1 Å². The van der Waals surface area contributed by atoms with Gasteiger partial charge in [-0.15, -0.1) is 0 Å². The Morgan fingerprint density at radius 1 is 1.12 bits per heavy atom. The largest absolute Gasteiger partial charge is 0.497 e. The van der Waals surface area contributed by atoms with E-state index in [1.165, 1.54) is 5.56 Å². The molecule has 2 aromatic carbocycles. The molecule has 0 bridgehead atoms. The first-order valence-corrected chi connectivity index (χ1v) is 8.90. The number of halogens is 1.